The topological polar surface area (TPSA) is 18.5 Å². The third-order valence-corrected chi connectivity index (χ3v) is 2.15. The van der Waals surface area contributed by atoms with Gasteiger partial charge in [-0.25, -0.2) is 0 Å². The lowest BCUT2D eigenvalue weighted by Crippen LogP contribution is -2.11. The molecule has 0 saturated carbocycles. The molecule has 0 aromatic rings. The maximum atomic E-state index is 5.52. The van der Waals surface area contributed by atoms with Gasteiger partial charge in [0.15, 0.2) is 0 Å². The highest BCUT2D eigenvalue weighted by Crippen LogP contribution is 2.08. The summed E-state index contributed by atoms with van der Waals surface area (Å²) in [7, 11) is 0. The van der Waals surface area contributed by atoms with E-state index in [1.807, 2.05) is 6.92 Å². The number of hydrogen-bond acceptors (Lipinski definition) is 2. The third kappa shape index (κ3) is 8.52. The minimum atomic E-state index is 0.677. The second-order valence-corrected chi connectivity index (χ2v) is 3.44. The molecular formula is C12H25O2. The molecule has 0 saturated heterocycles. The fraction of sp³-hybridized carbons (Fsp3) is 0.917. The van der Waals surface area contributed by atoms with Gasteiger partial charge < -0.3 is 9.47 Å². The highest BCUT2D eigenvalue weighted by molar-refractivity contribution is 4.74. The molecule has 2 nitrogen and oxygen atoms in total. The lowest BCUT2D eigenvalue weighted by atomic mass is 10.2. The van der Waals surface area contributed by atoms with Crippen molar-refractivity contribution in [2.24, 2.45) is 0 Å². The second-order valence-electron chi connectivity index (χ2n) is 3.44. The fourth-order valence-corrected chi connectivity index (χ4v) is 1.27. The summed E-state index contributed by atoms with van der Waals surface area (Å²) in [6, 6.07) is 0. The highest BCUT2D eigenvalue weighted by Gasteiger charge is 2.06. The molecule has 0 unspecified atom stereocenters. The molecule has 0 N–H and O–H groups in total. The first-order valence-electron chi connectivity index (χ1n) is 5.90. The Hall–Kier alpha value is -0.0800. The van der Waals surface area contributed by atoms with Crippen LogP contribution in [-0.2, 0) is 9.47 Å². The zero-order valence-corrected chi connectivity index (χ0v) is 9.97. The third-order valence-electron chi connectivity index (χ3n) is 2.15. The van der Waals surface area contributed by atoms with Crippen molar-refractivity contribution in [3.8, 4) is 0 Å². The van der Waals surface area contributed by atoms with Crippen molar-refractivity contribution in [3.63, 3.8) is 0 Å². The molecule has 0 bridgehead atoms. The van der Waals surface area contributed by atoms with E-state index in [1.54, 1.807) is 0 Å². The molecule has 0 spiro atoms. The minimum Gasteiger partial charge on any atom is -0.378 e. The van der Waals surface area contributed by atoms with Crippen LogP contribution in [-0.4, -0.2) is 19.8 Å². The summed E-state index contributed by atoms with van der Waals surface area (Å²) in [6.07, 6.45) is 7.10. The summed E-state index contributed by atoms with van der Waals surface area (Å²) < 4.78 is 10.9. The van der Waals surface area contributed by atoms with Gasteiger partial charge in [0.2, 0.25) is 0 Å². The summed E-state index contributed by atoms with van der Waals surface area (Å²) in [6.45, 7) is 8.64. The van der Waals surface area contributed by atoms with Gasteiger partial charge in [-0.05, 0) is 19.8 Å². The molecule has 0 amide bonds. The van der Waals surface area contributed by atoms with Crippen molar-refractivity contribution < 1.29 is 9.47 Å². The van der Waals surface area contributed by atoms with E-state index < -0.39 is 0 Å². The smallest absolute Gasteiger partial charge is 0.122 e. The van der Waals surface area contributed by atoms with E-state index in [1.165, 1.54) is 25.7 Å². The first-order valence-corrected chi connectivity index (χ1v) is 5.90. The summed E-state index contributed by atoms with van der Waals surface area (Å²) in [5.74, 6) is 0. The molecule has 1 radical (unpaired) electrons. The average molecular weight is 201 g/mol. The van der Waals surface area contributed by atoms with Crippen molar-refractivity contribution in [1.29, 1.82) is 0 Å². The van der Waals surface area contributed by atoms with Crippen molar-refractivity contribution in [1.82, 2.24) is 0 Å². The zero-order valence-electron chi connectivity index (χ0n) is 9.97. The van der Waals surface area contributed by atoms with E-state index >= 15 is 0 Å². The molecule has 0 heterocycles. The SMILES string of the molecule is CCCCCCOC[C](CC)OCC. The van der Waals surface area contributed by atoms with Crippen LogP contribution < -0.4 is 0 Å². The Balaban J connectivity index is 3.15. The molecule has 85 valence electrons. The maximum Gasteiger partial charge on any atom is 0.122 e. The van der Waals surface area contributed by atoms with Crippen LogP contribution in [0.1, 0.15) is 52.9 Å². The fourth-order valence-electron chi connectivity index (χ4n) is 1.27. The summed E-state index contributed by atoms with van der Waals surface area (Å²) in [5, 5.41) is 0. The van der Waals surface area contributed by atoms with Gasteiger partial charge in [0.1, 0.15) is 6.10 Å². The molecule has 2 heteroatoms. The Morgan fingerprint density at radius 3 is 2.36 bits per heavy atom. The molecule has 0 aliphatic carbocycles. The largest absolute Gasteiger partial charge is 0.378 e. The van der Waals surface area contributed by atoms with Crippen LogP contribution >= 0.6 is 0 Å². The molecule has 14 heavy (non-hydrogen) atoms. The van der Waals surface area contributed by atoms with Crippen LogP contribution in [0.15, 0.2) is 0 Å². The van der Waals surface area contributed by atoms with Gasteiger partial charge >= 0.3 is 0 Å². The van der Waals surface area contributed by atoms with E-state index in [0.29, 0.717) is 6.61 Å². The van der Waals surface area contributed by atoms with Crippen LogP contribution in [0.3, 0.4) is 0 Å². The van der Waals surface area contributed by atoms with Crippen molar-refractivity contribution >= 4 is 0 Å². The monoisotopic (exact) mass is 201 g/mol. The molecule has 0 atom stereocenters. The standard InChI is InChI=1S/C12H25O2/c1-4-7-8-9-10-13-11-12(5-2)14-6-3/h4-11H2,1-3H3. The highest BCUT2D eigenvalue weighted by atomic mass is 16.5. The van der Waals surface area contributed by atoms with Gasteiger partial charge in [0, 0.05) is 13.2 Å². The predicted molar refractivity (Wildman–Crippen MR) is 60.1 cm³/mol. The minimum absolute atomic E-state index is 0.677. The van der Waals surface area contributed by atoms with Gasteiger partial charge in [-0.2, -0.15) is 0 Å². The lowest BCUT2D eigenvalue weighted by molar-refractivity contribution is 0.0514. The predicted octanol–water partition coefficient (Wildman–Crippen LogP) is 3.56. The first-order chi connectivity index (χ1) is 6.85. The van der Waals surface area contributed by atoms with E-state index in [4.69, 9.17) is 9.47 Å². The first kappa shape index (κ1) is 13.9. The molecule has 0 aliphatic rings. The van der Waals surface area contributed by atoms with Gasteiger partial charge in [0.05, 0.1) is 6.61 Å². The van der Waals surface area contributed by atoms with Crippen LogP contribution in [0.4, 0.5) is 0 Å². The number of ether oxygens (including phenoxy) is 2. The van der Waals surface area contributed by atoms with E-state index in [9.17, 15) is 0 Å². The summed E-state index contributed by atoms with van der Waals surface area (Å²) in [5.41, 5.74) is 0. The summed E-state index contributed by atoms with van der Waals surface area (Å²) >= 11 is 0. The molecule has 0 fully saturated rings. The molecule has 0 rings (SSSR count). The van der Waals surface area contributed by atoms with Gasteiger partial charge in [0.25, 0.3) is 0 Å². The summed E-state index contributed by atoms with van der Waals surface area (Å²) in [4.78, 5) is 0. The zero-order chi connectivity index (χ0) is 10.6. The maximum absolute atomic E-state index is 5.52. The van der Waals surface area contributed by atoms with E-state index in [2.05, 4.69) is 13.8 Å². The second kappa shape index (κ2) is 11.0. The Labute approximate surface area is 89.0 Å². The molecule has 0 aliphatic heterocycles. The van der Waals surface area contributed by atoms with Crippen molar-refractivity contribution in [2.75, 3.05) is 19.8 Å². The van der Waals surface area contributed by atoms with Gasteiger partial charge in [-0.15, -0.1) is 0 Å². The quantitative estimate of drug-likeness (QED) is 0.503. The molecular weight excluding hydrogens is 176 g/mol. The Bertz CT molecular complexity index is 104. The number of hydrogen-bond donors (Lipinski definition) is 0. The number of rotatable bonds is 10. The normalized spacial score (nSPS) is 11.1. The Kier molecular flexibility index (Phi) is 10.9. The molecule has 0 aromatic carbocycles. The van der Waals surface area contributed by atoms with Crippen LogP contribution in [0, 0.1) is 6.10 Å². The van der Waals surface area contributed by atoms with E-state index in [-0.39, 0.29) is 0 Å². The Morgan fingerprint density at radius 2 is 1.79 bits per heavy atom. The van der Waals surface area contributed by atoms with Crippen molar-refractivity contribution in [3.05, 3.63) is 6.10 Å². The van der Waals surface area contributed by atoms with Crippen LogP contribution in [0.5, 0.6) is 0 Å². The van der Waals surface area contributed by atoms with E-state index in [0.717, 1.165) is 25.7 Å². The lowest BCUT2D eigenvalue weighted by Gasteiger charge is -2.13. The van der Waals surface area contributed by atoms with Crippen LogP contribution in [0.2, 0.25) is 0 Å². The van der Waals surface area contributed by atoms with Crippen molar-refractivity contribution in [2.45, 2.75) is 52.9 Å². The molecule has 0 aromatic heterocycles. The van der Waals surface area contributed by atoms with Gasteiger partial charge in [-0.1, -0.05) is 33.1 Å². The number of unbranched alkanes of at least 4 members (excludes halogenated alkanes) is 3. The average Bonchev–Trinajstić information content (AvgIpc) is 2.21. The van der Waals surface area contributed by atoms with Gasteiger partial charge in [-0.3, -0.25) is 0 Å². The Morgan fingerprint density at radius 1 is 1.00 bits per heavy atom. The van der Waals surface area contributed by atoms with Crippen LogP contribution in [0.25, 0.3) is 0 Å².